The van der Waals surface area contributed by atoms with E-state index in [1.807, 2.05) is 118 Å². The first-order valence-electron chi connectivity index (χ1n) is 16.9. The molecule has 2 amide bonds. The second-order valence-corrected chi connectivity index (χ2v) is 12.3. The van der Waals surface area contributed by atoms with Crippen LogP contribution in [0, 0.1) is 5.92 Å². The molecular weight excluding hydrogens is 616 g/mol. The number of primary amides is 1. The van der Waals surface area contributed by atoms with Crippen molar-refractivity contribution >= 4 is 18.0 Å². The van der Waals surface area contributed by atoms with Gasteiger partial charge in [-0.3, -0.25) is 4.79 Å². The van der Waals surface area contributed by atoms with E-state index in [2.05, 4.69) is 5.32 Å². The van der Waals surface area contributed by atoms with Crippen LogP contribution in [-0.4, -0.2) is 41.4 Å². The lowest BCUT2D eigenvalue weighted by Crippen LogP contribution is -2.32. The van der Waals surface area contributed by atoms with Gasteiger partial charge in [0.1, 0.15) is 18.3 Å². The van der Waals surface area contributed by atoms with Crippen molar-refractivity contribution in [2.45, 2.75) is 84.0 Å². The van der Waals surface area contributed by atoms with E-state index in [-0.39, 0.29) is 17.8 Å². The summed E-state index contributed by atoms with van der Waals surface area (Å²) in [6, 6.07) is 17.5. The largest absolute Gasteiger partial charge is 0.458 e. The first-order valence-corrected chi connectivity index (χ1v) is 16.9. The average molecular weight is 667 g/mol. The monoisotopic (exact) mass is 666 g/mol. The highest BCUT2D eigenvalue weighted by atomic mass is 16.6. The quantitative estimate of drug-likeness (QED) is 0.155. The summed E-state index contributed by atoms with van der Waals surface area (Å²) in [6.45, 7) is 5.92. The summed E-state index contributed by atoms with van der Waals surface area (Å²) in [5.41, 5.74) is 9.85. The Hall–Kier alpha value is -4.95. The van der Waals surface area contributed by atoms with Crippen LogP contribution in [0.4, 0.5) is 4.79 Å². The minimum atomic E-state index is -0.944. The van der Waals surface area contributed by atoms with Crippen molar-refractivity contribution < 1.29 is 29.0 Å². The van der Waals surface area contributed by atoms with Crippen LogP contribution >= 0.6 is 0 Å². The van der Waals surface area contributed by atoms with Gasteiger partial charge in [0, 0.05) is 30.2 Å². The molecule has 4 atom stereocenters. The Morgan fingerprint density at radius 1 is 1.00 bits per heavy atom. The molecule has 0 spiro atoms. The van der Waals surface area contributed by atoms with E-state index >= 15 is 0 Å². The van der Waals surface area contributed by atoms with Crippen molar-refractivity contribution in [1.29, 1.82) is 0 Å². The Morgan fingerprint density at radius 2 is 1.69 bits per heavy atom. The summed E-state index contributed by atoms with van der Waals surface area (Å²) in [7, 11) is 0. The molecule has 49 heavy (non-hydrogen) atoms. The number of amides is 2. The van der Waals surface area contributed by atoms with Gasteiger partial charge < -0.3 is 25.6 Å². The molecule has 260 valence electrons. The Bertz CT molecular complexity index is 1540. The third kappa shape index (κ3) is 14.8. The molecule has 0 saturated heterocycles. The Balaban J connectivity index is 1.66. The van der Waals surface area contributed by atoms with Crippen LogP contribution in [0.1, 0.15) is 76.1 Å². The molecule has 4 N–H and O–H groups in total. The zero-order chi connectivity index (χ0) is 35.4. The number of ether oxygens (including phenoxy) is 2. The van der Waals surface area contributed by atoms with Gasteiger partial charge in [-0.05, 0) is 81.7 Å². The van der Waals surface area contributed by atoms with E-state index in [0.717, 1.165) is 48.0 Å². The Kier molecular flexibility index (Phi) is 16.6. The molecule has 0 unspecified atom stereocenters. The van der Waals surface area contributed by atoms with E-state index in [4.69, 9.17) is 15.2 Å². The molecule has 3 rings (SSSR count). The molecular formula is C41H50N2O6. The zero-order valence-corrected chi connectivity index (χ0v) is 28.8. The first kappa shape index (κ1) is 38.5. The van der Waals surface area contributed by atoms with Crippen molar-refractivity contribution in [3.63, 3.8) is 0 Å². The lowest BCUT2D eigenvalue weighted by molar-refractivity contribution is -0.144. The molecule has 2 aromatic carbocycles. The van der Waals surface area contributed by atoms with E-state index < -0.39 is 24.4 Å². The van der Waals surface area contributed by atoms with Crippen molar-refractivity contribution in [1.82, 2.24) is 5.32 Å². The van der Waals surface area contributed by atoms with Gasteiger partial charge in [-0.1, -0.05) is 103 Å². The number of carbonyl (C=O) groups excluding carboxylic acids is 3. The molecule has 2 aromatic rings. The maximum atomic E-state index is 12.8. The average Bonchev–Trinajstić information content (AvgIpc) is 3.08. The fraction of sp³-hybridized carbons (Fsp3) is 0.341. The van der Waals surface area contributed by atoms with Gasteiger partial charge in [0.15, 0.2) is 0 Å². The maximum absolute atomic E-state index is 12.8. The molecule has 0 radical (unpaired) electrons. The highest BCUT2D eigenvalue weighted by Crippen LogP contribution is 2.22. The second-order valence-electron chi connectivity index (χ2n) is 12.3. The van der Waals surface area contributed by atoms with Crippen molar-refractivity contribution in [2.75, 3.05) is 0 Å². The number of hydrogen-bond donors (Lipinski definition) is 3. The number of nitrogens with one attached hydrogen (secondary N) is 1. The molecule has 1 heterocycles. The van der Waals surface area contributed by atoms with E-state index in [9.17, 15) is 19.5 Å². The van der Waals surface area contributed by atoms with Crippen LogP contribution in [0.25, 0.3) is 11.1 Å². The minimum Gasteiger partial charge on any atom is -0.458 e. The number of hydrogen-bond acceptors (Lipinski definition) is 6. The molecule has 0 aromatic heterocycles. The van der Waals surface area contributed by atoms with Crippen molar-refractivity contribution in [3.8, 4) is 11.1 Å². The minimum absolute atomic E-state index is 0.117. The number of cyclic esters (lactones) is 1. The summed E-state index contributed by atoms with van der Waals surface area (Å²) in [5, 5.41) is 13.3. The predicted octanol–water partition coefficient (Wildman–Crippen LogP) is 8.28. The fourth-order valence-corrected chi connectivity index (χ4v) is 5.36. The smallest absolute Gasteiger partial charge is 0.404 e. The van der Waals surface area contributed by atoms with Gasteiger partial charge in [0.25, 0.3) is 5.91 Å². The molecule has 0 saturated carbocycles. The van der Waals surface area contributed by atoms with Crippen LogP contribution in [-0.2, 0) is 14.3 Å². The normalized spacial score (nSPS) is 24.0. The zero-order valence-electron chi connectivity index (χ0n) is 28.8. The number of allylic oxidation sites excluding steroid dienone is 7. The molecule has 8 nitrogen and oxygen atoms in total. The molecule has 8 heteroatoms. The Morgan fingerprint density at radius 3 is 2.41 bits per heavy atom. The van der Waals surface area contributed by atoms with Crippen LogP contribution in [0.15, 0.2) is 127 Å². The van der Waals surface area contributed by atoms with Gasteiger partial charge in [-0.25, -0.2) is 9.59 Å². The Labute approximate surface area is 290 Å². The van der Waals surface area contributed by atoms with Gasteiger partial charge in [0.2, 0.25) is 0 Å². The number of carbonyl (C=O) groups is 3. The van der Waals surface area contributed by atoms with Gasteiger partial charge in [-0.15, -0.1) is 0 Å². The van der Waals surface area contributed by atoms with E-state index in [0.29, 0.717) is 24.8 Å². The maximum Gasteiger partial charge on any atom is 0.404 e. The fourth-order valence-electron chi connectivity index (χ4n) is 5.36. The number of rotatable bonds is 7. The lowest BCUT2D eigenvalue weighted by atomic mass is 9.95. The number of benzene rings is 2. The molecule has 1 aliphatic rings. The summed E-state index contributed by atoms with van der Waals surface area (Å²) >= 11 is 0. The topological polar surface area (TPSA) is 128 Å². The van der Waals surface area contributed by atoms with Gasteiger partial charge in [0.05, 0.1) is 0 Å². The van der Waals surface area contributed by atoms with Gasteiger partial charge >= 0.3 is 12.1 Å². The number of aliphatic hydroxyl groups excluding tert-OH is 1. The number of aliphatic hydroxyl groups is 1. The van der Waals surface area contributed by atoms with E-state index in [1.54, 1.807) is 12.3 Å². The molecule has 1 aliphatic heterocycles. The van der Waals surface area contributed by atoms with Crippen LogP contribution in [0.2, 0.25) is 0 Å². The summed E-state index contributed by atoms with van der Waals surface area (Å²) in [5.74, 6) is -0.705. The lowest BCUT2D eigenvalue weighted by Gasteiger charge is -2.22. The van der Waals surface area contributed by atoms with Crippen LogP contribution < -0.4 is 11.1 Å². The molecule has 0 fully saturated rings. The van der Waals surface area contributed by atoms with E-state index in [1.165, 1.54) is 6.08 Å². The summed E-state index contributed by atoms with van der Waals surface area (Å²) in [4.78, 5) is 36.9. The highest BCUT2D eigenvalue weighted by Gasteiger charge is 2.21. The van der Waals surface area contributed by atoms with Gasteiger partial charge in [-0.2, -0.15) is 0 Å². The summed E-state index contributed by atoms with van der Waals surface area (Å²) < 4.78 is 11.1. The van der Waals surface area contributed by atoms with Crippen molar-refractivity contribution in [3.05, 3.63) is 132 Å². The highest BCUT2D eigenvalue weighted by molar-refractivity contribution is 5.95. The third-order valence-corrected chi connectivity index (χ3v) is 8.08. The number of esters is 1. The first-order chi connectivity index (χ1) is 23.6. The third-order valence-electron chi connectivity index (χ3n) is 8.08. The number of nitrogens with two attached hydrogens (primary N) is 1. The predicted molar refractivity (Wildman–Crippen MR) is 195 cm³/mol. The van der Waals surface area contributed by atoms with Crippen molar-refractivity contribution in [2.24, 2.45) is 11.7 Å². The second kappa shape index (κ2) is 21.1. The summed E-state index contributed by atoms with van der Waals surface area (Å²) in [6.07, 6.45) is 19.8. The SMILES string of the molecule is CC(/C=C/NC(=O)c1ccc(-c2ccccc2)cc1)=C\[C@@H](C)[C@H]1C/C(C)=C/C=C/CC[C@H](OC(N)=O)[C@@H](O)/C=C/CCCC/C=C/C(=O)O1. The molecule has 0 aliphatic carbocycles. The standard InChI is InChI=1S/C41H50N2O6/c1-30-16-10-8-14-20-37(49-41(42)47)36(44)19-13-6-4-5-7-15-21-39(45)48-38(29-30)32(3)28-31(2)26-27-43-40(46)35-24-22-34(23-25-35)33-17-11-9-12-18-33/h8-13,15-19,21-28,32,36-38,44H,4-7,14,20,29H2,1-3H3,(H2,42,47)(H,43,46)/b10-8+,19-13+,21-15+,27-26+,30-16+,31-28+/t32-,36+,37+,38-/m1/s1. The molecule has 0 bridgehead atoms. The van der Waals surface area contributed by atoms with Crippen LogP contribution in [0.5, 0.6) is 0 Å². The van der Waals surface area contributed by atoms with Crippen LogP contribution in [0.3, 0.4) is 0 Å².